The van der Waals surface area contributed by atoms with E-state index in [9.17, 15) is 8.42 Å². The molecule has 16 heavy (non-hydrogen) atoms. The van der Waals surface area contributed by atoms with Crippen LogP contribution in [-0.4, -0.2) is 14.0 Å². The molecule has 1 rings (SSSR count). The summed E-state index contributed by atoms with van der Waals surface area (Å²) < 4.78 is 26.4. The Morgan fingerprint density at radius 1 is 1.25 bits per heavy atom. The standard InChI is InChI=1S/C11H14N2O2S/c1-11(2,3)13-16(14,15)10-7-5-4-6-9(10)8-12/h4-7,13H,1-3H3. The zero-order valence-electron chi connectivity index (χ0n) is 9.48. The van der Waals surface area contributed by atoms with Crippen molar-refractivity contribution in [3.8, 4) is 6.07 Å². The SMILES string of the molecule is CC(C)(C)NS(=O)(=O)c1ccccc1C#N. The van der Waals surface area contributed by atoms with Crippen LogP contribution < -0.4 is 4.72 Å². The lowest BCUT2D eigenvalue weighted by Crippen LogP contribution is -2.40. The van der Waals surface area contributed by atoms with E-state index in [-0.39, 0.29) is 10.5 Å². The second-order valence-corrected chi connectivity index (χ2v) is 6.11. The number of nitriles is 1. The van der Waals surface area contributed by atoms with Gasteiger partial charge in [0.25, 0.3) is 0 Å². The van der Waals surface area contributed by atoms with Crippen LogP contribution in [-0.2, 0) is 10.0 Å². The molecule has 0 unspecified atom stereocenters. The molecule has 1 aromatic rings. The molecule has 0 aliphatic carbocycles. The summed E-state index contributed by atoms with van der Waals surface area (Å²) in [5.41, 5.74) is -0.416. The van der Waals surface area contributed by atoms with Crippen LogP contribution in [0.4, 0.5) is 0 Å². The van der Waals surface area contributed by atoms with Gasteiger partial charge < -0.3 is 0 Å². The van der Waals surface area contributed by atoms with Crippen molar-refractivity contribution in [2.24, 2.45) is 0 Å². The number of sulfonamides is 1. The Morgan fingerprint density at radius 2 is 1.81 bits per heavy atom. The van der Waals surface area contributed by atoms with Crippen LogP contribution in [0, 0.1) is 11.3 Å². The van der Waals surface area contributed by atoms with Crippen LogP contribution in [0.25, 0.3) is 0 Å². The number of hydrogen-bond donors (Lipinski definition) is 1. The molecule has 0 fully saturated rings. The van der Waals surface area contributed by atoms with Crippen LogP contribution in [0.3, 0.4) is 0 Å². The van der Waals surface area contributed by atoms with E-state index in [1.165, 1.54) is 12.1 Å². The third kappa shape index (κ3) is 3.05. The van der Waals surface area contributed by atoms with E-state index in [2.05, 4.69) is 4.72 Å². The molecular weight excluding hydrogens is 224 g/mol. The lowest BCUT2D eigenvalue weighted by Gasteiger charge is -2.20. The Morgan fingerprint density at radius 3 is 2.31 bits per heavy atom. The molecule has 4 nitrogen and oxygen atoms in total. The van der Waals surface area contributed by atoms with Gasteiger partial charge in [-0.15, -0.1) is 0 Å². The summed E-state index contributed by atoms with van der Waals surface area (Å²) in [5, 5.41) is 8.84. The maximum atomic E-state index is 12.0. The quantitative estimate of drug-likeness (QED) is 0.851. The molecular formula is C11H14N2O2S. The lowest BCUT2D eigenvalue weighted by atomic mass is 10.1. The smallest absolute Gasteiger partial charge is 0.207 e. The minimum absolute atomic E-state index is 0.0208. The summed E-state index contributed by atoms with van der Waals surface area (Å²) in [4.78, 5) is 0.0208. The summed E-state index contributed by atoms with van der Waals surface area (Å²) in [6.45, 7) is 5.25. The topological polar surface area (TPSA) is 70.0 Å². The number of nitrogens with one attached hydrogen (secondary N) is 1. The maximum Gasteiger partial charge on any atom is 0.242 e. The Labute approximate surface area is 96.0 Å². The molecule has 0 aliphatic heterocycles. The van der Waals surface area contributed by atoms with Gasteiger partial charge in [0.1, 0.15) is 6.07 Å². The van der Waals surface area contributed by atoms with Gasteiger partial charge in [-0.05, 0) is 32.9 Å². The highest BCUT2D eigenvalue weighted by Gasteiger charge is 2.23. The number of hydrogen-bond acceptors (Lipinski definition) is 3. The molecule has 86 valence electrons. The van der Waals surface area contributed by atoms with Crippen molar-refractivity contribution in [3.63, 3.8) is 0 Å². The molecule has 5 heteroatoms. The molecule has 0 aliphatic rings. The molecule has 0 heterocycles. The highest BCUT2D eigenvalue weighted by Crippen LogP contribution is 2.16. The second-order valence-electron chi connectivity index (χ2n) is 4.46. The summed E-state index contributed by atoms with van der Waals surface area (Å²) in [7, 11) is -3.63. The second kappa shape index (κ2) is 4.24. The fourth-order valence-corrected chi connectivity index (χ4v) is 2.83. The first kappa shape index (κ1) is 12.7. The van der Waals surface area contributed by atoms with Gasteiger partial charge in [-0.2, -0.15) is 5.26 Å². The summed E-state index contributed by atoms with van der Waals surface area (Å²) in [6, 6.07) is 8.00. The van der Waals surface area contributed by atoms with Crippen molar-refractivity contribution in [1.82, 2.24) is 4.72 Å². The first-order valence-corrected chi connectivity index (χ1v) is 6.28. The van der Waals surface area contributed by atoms with Crippen LogP contribution in [0.5, 0.6) is 0 Å². The van der Waals surface area contributed by atoms with Crippen LogP contribution in [0.15, 0.2) is 29.2 Å². The third-order valence-corrected chi connectivity index (χ3v) is 3.55. The molecule has 1 aromatic carbocycles. The first-order valence-electron chi connectivity index (χ1n) is 4.79. The van der Waals surface area contributed by atoms with Gasteiger partial charge in [-0.3, -0.25) is 0 Å². The average molecular weight is 238 g/mol. The fraction of sp³-hybridized carbons (Fsp3) is 0.364. The maximum absolute atomic E-state index is 12.0. The van der Waals surface area contributed by atoms with Crippen molar-refractivity contribution < 1.29 is 8.42 Å². The van der Waals surface area contributed by atoms with Crippen molar-refractivity contribution in [1.29, 1.82) is 5.26 Å². The average Bonchev–Trinajstić information content (AvgIpc) is 2.14. The van der Waals surface area contributed by atoms with Gasteiger partial charge in [0.15, 0.2) is 0 Å². The normalized spacial score (nSPS) is 12.1. The molecule has 0 atom stereocenters. The van der Waals surface area contributed by atoms with E-state index >= 15 is 0 Å². The molecule has 0 aromatic heterocycles. The highest BCUT2D eigenvalue weighted by molar-refractivity contribution is 7.89. The molecule has 1 N–H and O–H groups in total. The van der Waals surface area contributed by atoms with Crippen molar-refractivity contribution in [3.05, 3.63) is 29.8 Å². The molecule has 0 spiro atoms. The number of rotatable bonds is 2. The van der Waals surface area contributed by atoms with Crippen LogP contribution in [0.2, 0.25) is 0 Å². The molecule has 0 saturated carbocycles. The highest BCUT2D eigenvalue weighted by atomic mass is 32.2. The number of benzene rings is 1. The lowest BCUT2D eigenvalue weighted by molar-refractivity contribution is 0.491. The molecule has 0 radical (unpaired) electrons. The Kier molecular flexibility index (Phi) is 3.36. The van der Waals surface area contributed by atoms with Gasteiger partial charge in [-0.25, -0.2) is 13.1 Å². The van der Waals surface area contributed by atoms with Crippen molar-refractivity contribution in [2.75, 3.05) is 0 Å². The van der Waals surface area contributed by atoms with Gasteiger partial charge >= 0.3 is 0 Å². The zero-order valence-corrected chi connectivity index (χ0v) is 10.3. The van der Waals surface area contributed by atoms with Crippen LogP contribution in [0.1, 0.15) is 26.3 Å². The first-order chi connectivity index (χ1) is 7.26. The van der Waals surface area contributed by atoms with Gasteiger partial charge in [0.05, 0.1) is 10.5 Å². The molecule has 0 amide bonds. The van der Waals surface area contributed by atoms with E-state index in [0.717, 1.165) is 0 Å². The predicted molar refractivity (Wildman–Crippen MR) is 61.2 cm³/mol. The molecule has 0 saturated heterocycles. The largest absolute Gasteiger partial charge is 0.242 e. The van der Waals surface area contributed by atoms with E-state index < -0.39 is 15.6 Å². The van der Waals surface area contributed by atoms with Gasteiger partial charge in [0.2, 0.25) is 10.0 Å². The summed E-state index contributed by atoms with van der Waals surface area (Å²) >= 11 is 0. The summed E-state index contributed by atoms with van der Waals surface area (Å²) in [6.07, 6.45) is 0. The van der Waals surface area contributed by atoms with Gasteiger partial charge in [-0.1, -0.05) is 12.1 Å². The minimum atomic E-state index is -3.63. The van der Waals surface area contributed by atoms with E-state index in [1.54, 1.807) is 32.9 Å². The minimum Gasteiger partial charge on any atom is -0.207 e. The van der Waals surface area contributed by atoms with E-state index in [4.69, 9.17) is 5.26 Å². The predicted octanol–water partition coefficient (Wildman–Crippen LogP) is 1.64. The Hall–Kier alpha value is -1.38. The monoisotopic (exact) mass is 238 g/mol. The van der Waals surface area contributed by atoms with Crippen molar-refractivity contribution in [2.45, 2.75) is 31.2 Å². The Bertz CT molecular complexity index is 522. The van der Waals surface area contributed by atoms with E-state index in [0.29, 0.717) is 0 Å². The Balaban J connectivity index is 3.24. The van der Waals surface area contributed by atoms with Crippen LogP contribution >= 0.6 is 0 Å². The van der Waals surface area contributed by atoms with E-state index in [1.807, 2.05) is 6.07 Å². The summed E-state index contributed by atoms with van der Waals surface area (Å²) in [5.74, 6) is 0. The van der Waals surface area contributed by atoms with Gasteiger partial charge in [0, 0.05) is 5.54 Å². The molecule has 0 bridgehead atoms. The van der Waals surface area contributed by atoms with Crippen molar-refractivity contribution >= 4 is 10.0 Å². The third-order valence-electron chi connectivity index (χ3n) is 1.74. The zero-order chi connectivity index (χ0) is 12.4. The fourth-order valence-electron chi connectivity index (χ4n) is 1.25. The number of nitrogens with zero attached hydrogens (tertiary/aromatic N) is 1.